The van der Waals surface area contributed by atoms with Crippen molar-refractivity contribution in [2.45, 2.75) is 13.0 Å². The molecule has 9 heteroatoms. The Morgan fingerprint density at radius 2 is 2.20 bits per heavy atom. The summed E-state index contributed by atoms with van der Waals surface area (Å²) in [6.07, 6.45) is 5.31. The number of amides is 1. The van der Waals surface area contributed by atoms with Gasteiger partial charge in [0.1, 0.15) is 0 Å². The third-order valence-corrected chi connectivity index (χ3v) is 3.41. The SMILES string of the molecule is COC(=O)c1cn(CCCNC(=O)c2cc(-c3ccco3)on2)cn1. The fraction of sp³-hybridized carbons (Fsp3) is 0.250. The molecule has 0 aliphatic heterocycles. The van der Waals surface area contributed by atoms with Gasteiger partial charge >= 0.3 is 5.97 Å². The Morgan fingerprint density at radius 3 is 2.96 bits per heavy atom. The molecule has 130 valence electrons. The molecule has 9 nitrogen and oxygen atoms in total. The quantitative estimate of drug-likeness (QED) is 0.513. The average Bonchev–Trinajstić information content (AvgIpc) is 3.38. The van der Waals surface area contributed by atoms with E-state index in [4.69, 9.17) is 8.94 Å². The molecule has 1 amide bonds. The van der Waals surface area contributed by atoms with Crippen molar-refractivity contribution in [3.8, 4) is 11.5 Å². The molecule has 0 unspecified atom stereocenters. The number of aryl methyl sites for hydroxylation is 1. The Kier molecular flexibility index (Phi) is 4.93. The molecule has 0 aromatic carbocycles. The second kappa shape index (κ2) is 7.47. The molecular formula is C16H16N4O5. The van der Waals surface area contributed by atoms with E-state index in [2.05, 4.69) is 20.2 Å². The Labute approximate surface area is 142 Å². The lowest BCUT2D eigenvalue weighted by Gasteiger charge is -2.03. The minimum Gasteiger partial charge on any atom is -0.464 e. The van der Waals surface area contributed by atoms with Gasteiger partial charge in [0, 0.05) is 25.4 Å². The number of carbonyl (C=O) groups is 2. The third kappa shape index (κ3) is 3.94. The van der Waals surface area contributed by atoms with Crippen molar-refractivity contribution in [3.05, 3.63) is 48.4 Å². The highest BCUT2D eigenvalue weighted by Crippen LogP contribution is 2.20. The van der Waals surface area contributed by atoms with E-state index < -0.39 is 5.97 Å². The van der Waals surface area contributed by atoms with Gasteiger partial charge in [0.15, 0.2) is 17.1 Å². The van der Waals surface area contributed by atoms with Crippen LogP contribution in [0.4, 0.5) is 0 Å². The van der Waals surface area contributed by atoms with E-state index in [9.17, 15) is 9.59 Å². The fourth-order valence-electron chi connectivity index (χ4n) is 2.16. The van der Waals surface area contributed by atoms with Crippen LogP contribution in [-0.4, -0.2) is 40.2 Å². The van der Waals surface area contributed by atoms with Gasteiger partial charge in [0.25, 0.3) is 5.91 Å². The number of ether oxygens (including phenoxy) is 1. The maximum Gasteiger partial charge on any atom is 0.358 e. The summed E-state index contributed by atoms with van der Waals surface area (Å²) >= 11 is 0. The lowest BCUT2D eigenvalue weighted by Crippen LogP contribution is -2.25. The Morgan fingerprint density at radius 1 is 1.32 bits per heavy atom. The molecule has 0 bridgehead atoms. The number of hydrogen-bond donors (Lipinski definition) is 1. The van der Waals surface area contributed by atoms with Gasteiger partial charge < -0.3 is 23.6 Å². The average molecular weight is 344 g/mol. The molecule has 0 saturated carbocycles. The predicted molar refractivity (Wildman–Crippen MR) is 84.7 cm³/mol. The van der Waals surface area contributed by atoms with Crippen molar-refractivity contribution in [1.82, 2.24) is 20.0 Å². The van der Waals surface area contributed by atoms with Gasteiger partial charge in [-0.05, 0) is 18.6 Å². The van der Waals surface area contributed by atoms with Crippen LogP contribution < -0.4 is 5.32 Å². The van der Waals surface area contributed by atoms with Crippen LogP contribution in [0.1, 0.15) is 27.4 Å². The summed E-state index contributed by atoms with van der Waals surface area (Å²) in [5.41, 5.74) is 0.432. The molecule has 0 aliphatic rings. The number of furan rings is 1. The first-order valence-corrected chi connectivity index (χ1v) is 7.56. The molecule has 25 heavy (non-hydrogen) atoms. The topological polar surface area (TPSA) is 112 Å². The largest absolute Gasteiger partial charge is 0.464 e. The van der Waals surface area contributed by atoms with Crippen LogP contribution in [0.3, 0.4) is 0 Å². The number of hydrogen-bond acceptors (Lipinski definition) is 7. The minimum absolute atomic E-state index is 0.182. The zero-order chi connectivity index (χ0) is 17.6. The van der Waals surface area contributed by atoms with Gasteiger partial charge in [-0.1, -0.05) is 5.16 Å². The fourth-order valence-corrected chi connectivity index (χ4v) is 2.16. The van der Waals surface area contributed by atoms with Crippen LogP contribution in [0.25, 0.3) is 11.5 Å². The van der Waals surface area contributed by atoms with E-state index in [0.29, 0.717) is 31.0 Å². The Balaban J connectivity index is 1.45. The molecule has 0 spiro atoms. The number of esters is 1. The number of imidazole rings is 1. The van der Waals surface area contributed by atoms with Gasteiger partial charge in [0.2, 0.25) is 5.76 Å². The van der Waals surface area contributed by atoms with E-state index in [1.807, 2.05) is 0 Å². The van der Waals surface area contributed by atoms with Crippen LogP contribution in [0.2, 0.25) is 0 Å². The lowest BCUT2D eigenvalue weighted by atomic mass is 10.3. The van der Waals surface area contributed by atoms with Crippen LogP contribution in [-0.2, 0) is 11.3 Å². The van der Waals surface area contributed by atoms with Gasteiger partial charge in [-0.15, -0.1) is 0 Å². The molecule has 0 atom stereocenters. The highest BCUT2D eigenvalue weighted by Gasteiger charge is 2.14. The number of nitrogens with zero attached hydrogens (tertiary/aromatic N) is 3. The molecular weight excluding hydrogens is 328 g/mol. The molecule has 0 aliphatic carbocycles. The zero-order valence-corrected chi connectivity index (χ0v) is 13.5. The number of rotatable bonds is 7. The summed E-state index contributed by atoms with van der Waals surface area (Å²) in [6.45, 7) is 1.04. The molecule has 0 fully saturated rings. The maximum atomic E-state index is 12.0. The van der Waals surface area contributed by atoms with Gasteiger partial charge in [0.05, 0.1) is 19.7 Å². The summed E-state index contributed by atoms with van der Waals surface area (Å²) in [7, 11) is 1.30. The van der Waals surface area contributed by atoms with Gasteiger partial charge in [-0.3, -0.25) is 4.79 Å². The van der Waals surface area contributed by atoms with Gasteiger partial charge in [-0.2, -0.15) is 0 Å². The summed E-state index contributed by atoms with van der Waals surface area (Å²) in [5, 5.41) is 6.48. The number of aromatic nitrogens is 3. The molecule has 0 radical (unpaired) electrons. The molecule has 3 rings (SSSR count). The highest BCUT2D eigenvalue weighted by molar-refractivity contribution is 5.92. The van der Waals surface area contributed by atoms with Gasteiger partial charge in [-0.25, -0.2) is 9.78 Å². The van der Waals surface area contributed by atoms with Crippen molar-refractivity contribution >= 4 is 11.9 Å². The van der Waals surface area contributed by atoms with Crippen LogP contribution >= 0.6 is 0 Å². The second-order valence-electron chi connectivity index (χ2n) is 5.15. The number of carbonyl (C=O) groups excluding carboxylic acids is 2. The first-order valence-electron chi connectivity index (χ1n) is 7.56. The van der Waals surface area contributed by atoms with Crippen LogP contribution in [0, 0.1) is 0 Å². The van der Waals surface area contributed by atoms with Crippen LogP contribution in [0.5, 0.6) is 0 Å². The first kappa shape index (κ1) is 16.5. The van der Waals surface area contributed by atoms with E-state index in [0.717, 1.165) is 0 Å². The standard InChI is InChI=1S/C16H16N4O5/c1-23-16(22)12-9-20(10-18-12)6-3-5-17-15(21)11-8-14(25-19-11)13-4-2-7-24-13/h2,4,7-10H,3,5-6H2,1H3,(H,17,21). The van der Waals surface area contributed by atoms with Crippen molar-refractivity contribution in [3.63, 3.8) is 0 Å². The summed E-state index contributed by atoms with van der Waals surface area (Å²) in [6, 6.07) is 4.96. The third-order valence-electron chi connectivity index (χ3n) is 3.41. The van der Waals surface area contributed by atoms with E-state index >= 15 is 0 Å². The molecule has 0 saturated heterocycles. The normalized spacial score (nSPS) is 10.6. The molecule has 3 aromatic heterocycles. The molecule has 3 aromatic rings. The summed E-state index contributed by atoms with van der Waals surface area (Å²) < 4.78 is 16.6. The number of methoxy groups -OCH3 is 1. The van der Waals surface area contributed by atoms with Crippen molar-refractivity contribution in [2.24, 2.45) is 0 Å². The predicted octanol–water partition coefficient (Wildman–Crippen LogP) is 1.74. The van der Waals surface area contributed by atoms with Crippen molar-refractivity contribution < 1.29 is 23.3 Å². The van der Waals surface area contributed by atoms with E-state index in [1.165, 1.54) is 19.4 Å². The number of nitrogens with one attached hydrogen (secondary N) is 1. The Hall–Kier alpha value is -3.36. The smallest absolute Gasteiger partial charge is 0.358 e. The van der Waals surface area contributed by atoms with Crippen molar-refractivity contribution in [1.29, 1.82) is 0 Å². The molecule has 1 N–H and O–H groups in total. The summed E-state index contributed by atoms with van der Waals surface area (Å²) in [4.78, 5) is 27.3. The monoisotopic (exact) mass is 344 g/mol. The minimum atomic E-state index is -0.481. The van der Waals surface area contributed by atoms with E-state index in [-0.39, 0.29) is 17.3 Å². The Bertz CT molecular complexity index is 850. The van der Waals surface area contributed by atoms with Crippen molar-refractivity contribution in [2.75, 3.05) is 13.7 Å². The van der Waals surface area contributed by atoms with Crippen LogP contribution in [0.15, 0.2) is 45.9 Å². The van der Waals surface area contributed by atoms with E-state index in [1.54, 1.807) is 29.2 Å². The maximum absolute atomic E-state index is 12.0. The summed E-state index contributed by atoms with van der Waals surface area (Å²) in [5.74, 6) is 0.0878. The molecule has 3 heterocycles. The first-order chi connectivity index (χ1) is 12.2. The highest BCUT2D eigenvalue weighted by atomic mass is 16.5. The zero-order valence-electron chi connectivity index (χ0n) is 13.5. The lowest BCUT2D eigenvalue weighted by molar-refractivity contribution is 0.0594. The second-order valence-corrected chi connectivity index (χ2v) is 5.15.